The summed E-state index contributed by atoms with van der Waals surface area (Å²) in [7, 11) is 0. The van der Waals surface area contributed by atoms with Gasteiger partial charge in [0.1, 0.15) is 11.3 Å². The van der Waals surface area contributed by atoms with Gasteiger partial charge >= 0.3 is 0 Å². The fourth-order valence-electron chi connectivity index (χ4n) is 3.47. The monoisotopic (exact) mass is 291 g/mol. The van der Waals surface area contributed by atoms with E-state index in [2.05, 4.69) is 44.2 Å². The summed E-state index contributed by atoms with van der Waals surface area (Å²) >= 11 is 6.38. The number of halogens is 1. The summed E-state index contributed by atoms with van der Waals surface area (Å²) in [6, 6.07) is 2.40. The van der Waals surface area contributed by atoms with Crippen molar-refractivity contribution >= 4 is 22.8 Å². The topological polar surface area (TPSA) is 30.7 Å². The van der Waals surface area contributed by atoms with Crippen molar-refractivity contribution in [1.29, 1.82) is 0 Å². The Balaban J connectivity index is 2.30. The number of pyridine rings is 1. The summed E-state index contributed by atoms with van der Waals surface area (Å²) in [6.07, 6.45) is 1.86. The number of aromatic nitrogens is 3. The predicted octanol–water partition coefficient (Wildman–Crippen LogP) is 4.65. The first-order valence-corrected chi connectivity index (χ1v) is 7.60. The van der Waals surface area contributed by atoms with Gasteiger partial charge in [-0.1, -0.05) is 27.7 Å². The van der Waals surface area contributed by atoms with Crippen LogP contribution in [0.25, 0.3) is 11.2 Å². The van der Waals surface area contributed by atoms with E-state index in [4.69, 9.17) is 16.6 Å². The standard InChI is InChI=1S/C16H22ClN3/c1-9-7-8-18-13-11(9)19-12(10(2)17)20(13)14-15(3,4)16(14,5)6/h7-8,10,14H,1-6H3. The van der Waals surface area contributed by atoms with Gasteiger partial charge in [0.05, 0.1) is 5.38 Å². The van der Waals surface area contributed by atoms with Gasteiger partial charge in [0.15, 0.2) is 5.65 Å². The molecule has 3 nitrogen and oxygen atoms in total. The highest BCUT2D eigenvalue weighted by Crippen LogP contribution is 2.72. The van der Waals surface area contributed by atoms with E-state index in [1.54, 1.807) is 0 Å². The molecule has 1 fully saturated rings. The van der Waals surface area contributed by atoms with Gasteiger partial charge in [0.25, 0.3) is 0 Å². The summed E-state index contributed by atoms with van der Waals surface area (Å²) in [5.74, 6) is 0.937. The molecule has 0 amide bonds. The fourth-order valence-corrected chi connectivity index (χ4v) is 3.62. The number of imidazole rings is 1. The molecule has 0 saturated heterocycles. The lowest BCUT2D eigenvalue weighted by Gasteiger charge is -2.12. The molecule has 108 valence electrons. The molecule has 1 unspecified atom stereocenters. The smallest absolute Gasteiger partial charge is 0.160 e. The van der Waals surface area contributed by atoms with Gasteiger partial charge in [-0.25, -0.2) is 9.97 Å². The zero-order valence-electron chi connectivity index (χ0n) is 13.0. The van der Waals surface area contributed by atoms with Crippen LogP contribution in [0.2, 0.25) is 0 Å². The third kappa shape index (κ3) is 1.59. The molecule has 2 aromatic heterocycles. The first-order chi connectivity index (χ1) is 9.19. The Kier molecular flexibility index (Phi) is 2.75. The molecule has 1 aliphatic rings. The van der Waals surface area contributed by atoms with Crippen LogP contribution in [-0.4, -0.2) is 14.5 Å². The van der Waals surface area contributed by atoms with Crippen molar-refractivity contribution in [2.75, 3.05) is 0 Å². The summed E-state index contributed by atoms with van der Waals surface area (Å²) in [4.78, 5) is 9.35. The maximum absolute atomic E-state index is 6.38. The maximum atomic E-state index is 6.38. The number of hydrogen-bond donors (Lipinski definition) is 0. The number of fused-ring (bicyclic) bond motifs is 1. The zero-order valence-corrected chi connectivity index (χ0v) is 13.8. The summed E-state index contributed by atoms with van der Waals surface area (Å²) < 4.78 is 2.28. The van der Waals surface area contributed by atoms with Crippen molar-refractivity contribution < 1.29 is 0 Å². The second-order valence-electron chi connectivity index (χ2n) is 7.10. The van der Waals surface area contributed by atoms with Crippen LogP contribution in [0.5, 0.6) is 0 Å². The van der Waals surface area contributed by atoms with Crippen molar-refractivity contribution in [1.82, 2.24) is 14.5 Å². The molecule has 20 heavy (non-hydrogen) atoms. The van der Waals surface area contributed by atoms with Crippen LogP contribution in [0.15, 0.2) is 12.3 Å². The lowest BCUT2D eigenvalue weighted by Crippen LogP contribution is -2.07. The number of rotatable bonds is 2. The highest BCUT2D eigenvalue weighted by Gasteiger charge is 2.66. The van der Waals surface area contributed by atoms with Gasteiger partial charge in [0, 0.05) is 12.2 Å². The van der Waals surface area contributed by atoms with E-state index in [1.165, 1.54) is 0 Å². The van der Waals surface area contributed by atoms with Gasteiger partial charge in [-0.3, -0.25) is 0 Å². The van der Waals surface area contributed by atoms with Crippen molar-refractivity contribution in [2.45, 2.75) is 53.0 Å². The van der Waals surface area contributed by atoms with Gasteiger partial charge in [-0.15, -0.1) is 11.6 Å². The number of aryl methyl sites for hydroxylation is 1. The normalized spacial score (nSPS) is 22.1. The SMILES string of the molecule is Cc1ccnc2c1nc(C(C)Cl)n2C1C(C)(C)C1(C)C. The Bertz CT molecular complexity index is 668. The minimum Gasteiger partial charge on any atom is -0.307 e. The molecular formula is C16H22ClN3. The van der Waals surface area contributed by atoms with E-state index in [0.29, 0.717) is 6.04 Å². The molecule has 0 aliphatic heterocycles. The minimum atomic E-state index is -0.115. The molecule has 3 rings (SSSR count). The van der Waals surface area contributed by atoms with Crippen LogP contribution in [0.4, 0.5) is 0 Å². The largest absolute Gasteiger partial charge is 0.307 e. The Morgan fingerprint density at radius 2 is 1.85 bits per heavy atom. The summed E-state index contributed by atoms with van der Waals surface area (Å²) in [5.41, 5.74) is 3.56. The highest BCUT2D eigenvalue weighted by molar-refractivity contribution is 6.20. The third-order valence-corrected chi connectivity index (χ3v) is 5.56. The first-order valence-electron chi connectivity index (χ1n) is 7.17. The average molecular weight is 292 g/mol. The molecular weight excluding hydrogens is 270 g/mol. The summed E-state index contributed by atoms with van der Waals surface area (Å²) in [5, 5.41) is -0.115. The Morgan fingerprint density at radius 1 is 1.25 bits per heavy atom. The quantitative estimate of drug-likeness (QED) is 0.754. The predicted molar refractivity (Wildman–Crippen MR) is 83.1 cm³/mol. The molecule has 2 aromatic rings. The van der Waals surface area contributed by atoms with Crippen LogP contribution in [0, 0.1) is 17.8 Å². The zero-order chi connectivity index (χ0) is 14.9. The number of nitrogens with zero attached hydrogens (tertiary/aromatic N) is 3. The maximum Gasteiger partial charge on any atom is 0.160 e. The second-order valence-corrected chi connectivity index (χ2v) is 7.76. The van der Waals surface area contributed by atoms with E-state index in [1.807, 2.05) is 19.2 Å². The van der Waals surface area contributed by atoms with Gasteiger partial charge in [-0.2, -0.15) is 0 Å². The average Bonchev–Trinajstić information content (AvgIpc) is 2.66. The molecule has 0 spiro atoms. The molecule has 0 bridgehead atoms. The van der Waals surface area contributed by atoms with Gasteiger partial charge in [-0.05, 0) is 36.3 Å². The molecule has 1 saturated carbocycles. The van der Waals surface area contributed by atoms with Crippen LogP contribution in [-0.2, 0) is 0 Å². The Morgan fingerprint density at radius 3 is 2.35 bits per heavy atom. The van der Waals surface area contributed by atoms with E-state index in [9.17, 15) is 0 Å². The minimum absolute atomic E-state index is 0.115. The van der Waals surface area contributed by atoms with Crippen LogP contribution >= 0.6 is 11.6 Å². The highest BCUT2D eigenvalue weighted by atomic mass is 35.5. The summed E-state index contributed by atoms with van der Waals surface area (Å²) in [6.45, 7) is 13.3. The van der Waals surface area contributed by atoms with Crippen molar-refractivity contribution in [3.8, 4) is 0 Å². The number of hydrogen-bond acceptors (Lipinski definition) is 2. The molecule has 0 aromatic carbocycles. The fraction of sp³-hybridized carbons (Fsp3) is 0.625. The van der Waals surface area contributed by atoms with Crippen LogP contribution in [0.3, 0.4) is 0 Å². The van der Waals surface area contributed by atoms with E-state index in [-0.39, 0.29) is 16.2 Å². The lowest BCUT2D eigenvalue weighted by atomic mass is 10.0. The van der Waals surface area contributed by atoms with Crippen LogP contribution in [0.1, 0.15) is 57.4 Å². The van der Waals surface area contributed by atoms with E-state index in [0.717, 1.165) is 22.6 Å². The molecule has 4 heteroatoms. The third-order valence-electron chi connectivity index (χ3n) is 5.37. The van der Waals surface area contributed by atoms with E-state index < -0.39 is 0 Å². The first kappa shape index (κ1) is 13.9. The molecule has 2 heterocycles. The van der Waals surface area contributed by atoms with Crippen molar-refractivity contribution in [3.05, 3.63) is 23.7 Å². The molecule has 0 radical (unpaired) electrons. The molecule has 1 atom stereocenters. The molecule has 1 aliphatic carbocycles. The second kappa shape index (κ2) is 3.97. The van der Waals surface area contributed by atoms with Gasteiger partial charge < -0.3 is 4.57 Å². The van der Waals surface area contributed by atoms with Gasteiger partial charge in [0.2, 0.25) is 0 Å². The van der Waals surface area contributed by atoms with Crippen molar-refractivity contribution in [3.63, 3.8) is 0 Å². The Hall–Kier alpha value is -1.09. The van der Waals surface area contributed by atoms with E-state index >= 15 is 0 Å². The Labute approximate surface area is 125 Å². The molecule has 0 N–H and O–H groups in total. The lowest BCUT2D eigenvalue weighted by molar-refractivity contribution is 0.457. The van der Waals surface area contributed by atoms with Crippen LogP contribution < -0.4 is 0 Å². The van der Waals surface area contributed by atoms with Crippen molar-refractivity contribution in [2.24, 2.45) is 10.8 Å². The number of alkyl halides is 1.